The summed E-state index contributed by atoms with van der Waals surface area (Å²) < 4.78 is 38.5. The molecule has 2 nitrogen and oxygen atoms in total. The Bertz CT molecular complexity index is 462. The van der Waals surface area contributed by atoms with E-state index in [9.17, 15) is 13.2 Å². The average Bonchev–Trinajstić information content (AvgIpc) is 2.40. The maximum absolute atomic E-state index is 12.8. The Morgan fingerprint density at radius 1 is 1.25 bits per heavy atom. The van der Waals surface area contributed by atoms with Gasteiger partial charge in [0.05, 0.1) is 10.6 Å². The molecule has 2 unspecified atom stereocenters. The molecule has 6 heteroatoms. The summed E-state index contributed by atoms with van der Waals surface area (Å²) in [7, 11) is 0. The van der Waals surface area contributed by atoms with Gasteiger partial charge in [0.2, 0.25) is 0 Å². The van der Waals surface area contributed by atoms with Gasteiger partial charge >= 0.3 is 6.18 Å². The van der Waals surface area contributed by atoms with Crippen molar-refractivity contribution < 1.29 is 13.2 Å². The normalized spacial score (nSPS) is 23.6. The number of rotatable bonds is 3. The molecule has 1 fully saturated rings. The van der Waals surface area contributed by atoms with Gasteiger partial charge in [0.1, 0.15) is 0 Å². The predicted octanol–water partition coefficient (Wildman–Crippen LogP) is 4.29. The van der Waals surface area contributed by atoms with Crippen LogP contribution in [-0.2, 0) is 6.18 Å². The Balaban J connectivity index is 2.17. The molecule has 1 aromatic carbocycles. The third kappa shape index (κ3) is 3.58. The highest BCUT2D eigenvalue weighted by molar-refractivity contribution is 6.31. The SMILES string of the molecule is NCC1CCCCC1Nc1ccc(Cl)c(C(F)(F)F)c1. The summed E-state index contributed by atoms with van der Waals surface area (Å²) >= 11 is 5.61. The van der Waals surface area contributed by atoms with Crippen molar-refractivity contribution in [1.29, 1.82) is 0 Å². The Kier molecular flexibility index (Phi) is 4.81. The van der Waals surface area contributed by atoms with Gasteiger partial charge in [-0.25, -0.2) is 0 Å². The number of halogens is 4. The fourth-order valence-corrected chi connectivity index (χ4v) is 2.95. The molecule has 0 saturated heterocycles. The second-order valence-electron chi connectivity index (χ2n) is 5.22. The molecule has 0 spiro atoms. The summed E-state index contributed by atoms with van der Waals surface area (Å²) in [6, 6.07) is 4.08. The molecule has 1 aromatic rings. The lowest BCUT2D eigenvalue weighted by atomic mass is 9.84. The van der Waals surface area contributed by atoms with Crippen molar-refractivity contribution in [3.05, 3.63) is 28.8 Å². The monoisotopic (exact) mass is 306 g/mol. The van der Waals surface area contributed by atoms with Gasteiger partial charge < -0.3 is 11.1 Å². The van der Waals surface area contributed by atoms with Crippen LogP contribution in [0.1, 0.15) is 31.2 Å². The fraction of sp³-hybridized carbons (Fsp3) is 0.571. The van der Waals surface area contributed by atoms with Crippen molar-refractivity contribution >= 4 is 17.3 Å². The molecule has 0 heterocycles. The number of alkyl halides is 3. The number of hydrogen-bond acceptors (Lipinski definition) is 2. The number of nitrogens with two attached hydrogens (primary N) is 1. The van der Waals surface area contributed by atoms with E-state index in [4.69, 9.17) is 17.3 Å². The molecule has 1 saturated carbocycles. The second-order valence-corrected chi connectivity index (χ2v) is 5.63. The molecule has 3 N–H and O–H groups in total. The fourth-order valence-electron chi connectivity index (χ4n) is 2.73. The van der Waals surface area contributed by atoms with Crippen molar-refractivity contribution in [2.45, 2.75) is 37.9 Å². The van der Waals surface area contributed by atoms with Crippen LogP contribution in [-0.4, -0.2) is 12.6 Å². The summed E-state index contributed by atoms with van der Waals surface area (Å²) in [6.07, 6.45) is -0.267. The number of benzene rings is 1. The van der Waals surface area contributed by atoms with Crippen LogP contribution in [0.15, 0.2) is 18.2 Å². The highest BCUT2D eigenvalue weighted by atomic mass is 35.5. The van der Waals surface area contributed by atoms with Crippen molar-refractivity contribution in [3.8, 4) is 0 Å². The molecule has 0 bridgehead atoms. The van der Waals surface area contributed by atoms with E-state index < -0.39 is 11.7 Å². The van der Waals surface area contributed by atoms with E-state index in [0.717, 1.165) is 31.7 Å². The zero-order valence-electron chi connectivity index (χ0n) is 11.0. The van der Waals surface area contributed by atoms with Gasteiger partial charge in [-0.1, -0.05) is 24.4 Å². The molecule has 20 heavy (non-hydrogen) atoms. The standard InChI is InChI=1S/C14H18ClF3N2/c15-12-6-5-10(7-11(12)14(16,17)18)20-13-4-2-1-3-9(13)8-19/h5-7,9,13,20H,1-4,8,19H2. The van der Waals surface area contributed by atoms with Crippen molar-refractivity contribution in [3.63, 3.8) is 0 Å². The quantitative estimate of drug-likeness (QED) is 0.874. The van der Waals surface area contributed by atoms with Crippen LogP contribution in [0.25, 0.3) is 0 Å². The number of hydrogen-bond donors (Lipinski definition) is 2. The van der Waals surface area contributed by atoms with Crippen LogP contribution in [0.2, 0.25) is 5.02 Å². The Labute approximate surface area is 121 Å². The maximum Gasteiger partial charge on any atom is 0.417 e. The molecule has 0 aromatic heterocycles. The van der Waals surface area contributed by atoms with Gasteiger partial charge in [-0.2, -0.15) is 13.2 Å². The van der Waals surface area contributed by atoms with E-state index in [2.05, 4.69) is 5.32 Å². The zero-order valence-corrected chi connectivity index (χ0v) is 11.8. The Hall–Kier alpha value is -0.940. The molecule has 0 aliphatic heterocycles. The van der Waals surface area contributed by atoms with Crippen LogP contribution in [0.4, 0.5) is 18.9 Å². The highest BCUT2D eigenvalue weighted by Gasteiger charge is 2.33. The van der Waals surface area contributed by atoms with Gasteiger partial charge in [0, 0.05) is 11.7 Å². The van der Waals surface area contributed by atoms with Crippen LogP contribution >= 0.6 is 11.6 Å². The lowest BCUT2D eigenvalue weighted by Crippen LogP contribution is -2.36. The first-order valence-corrected chi connectivity index (χ1v) is 7.13. The Morgan fingerprint density at radius 3 is 2.60 bits per heavy atom. The topological polar surface area (TPSA) is 38.0 Å². The van der Waals surface area contributed by atoms with Gasteiger partial charge in [0.25, 0.3) is 0 Å². The van der Waals surface area contributed by atoms with Crippen molar-refractivity contribution in [2.75, 3.05) is 11.9 Å². The summed E-state index contributed by atoms with van der Waals surface area (Å²) in [6.45, 7) is 0.553. The average molecular weight is 307 g/mol. The van der Waals surface area contributed by atoms with Gasteiger partial charge in [0.15, 0.2) is 0 Å². The summed E-state index contributed by atoms with van der Waals surface area (Å²) in [5.41, 5.74) is 5.38. The lowest BCUT2D eigenvalue weighted by molar-refractivity contribution is -0.137. The van der Waals surface area contributed by atoms with Crippen molar-refractivity contribution in [1.82, 2.24) is 0 Å². The van der Waals surface area contributed by atoms with Gasteiger partial charge in [-0.3, -0.25) is 0 Å². The molecule has 1 aliphatic rings. The van der Waals surface area contributed by atoms with Crippen LogP contribution in [0.3, 0.4) is 0 Å². The predicted molar refractivity (Wildman–Crippen MR) is 74.9 cm³/mol. The van der Waals surface area contributed by atoms with E-state index >= 15 is 0 Å². The first-order chi connectivity index (χ1) is 9.41. The minimum atomic E-state index is -4.44. The van der Waals surface area contributed by atoms with Crippen LogP contribution in [0, 0.1) is 5.92 Å². The van der Waals surface area contributed by atoms with E-state index in [1.807, 2.05) is 0 Å². The third-order valence-electron chi connectivity index (χ3n) is 3.84. The largest absolute Gasteiger partial charge is 0.417 e. The molecule has 112 valence electrons. The van der Waals surface area contributed by atoms with Crippen LogP contribution < -0.4 is 11.1 Å². The lowest BCUT2D eigenvalue weighted by Gasteiger charge is -2.32. The van der Waals surface area contributed by atoms with Gasteiger partial charge in [-0.05, 0) is 43.5 Å². The molecule has 2 atom stereocenters. The summed E-state index contributed by atoms with van der Waals surface area (Å²) in [4.78, 5) is 0. The number of anilines is 1. The van der Waals surface area contributed by atoms with Crippen LogP contribution in [0.5, 0.6) is 0 Å². The summed E-state index contributed by atoms with van der Waals surface area (Å²) in [5.74, 6) is 0.314. The first kappa shape index (κ1) is 15.4. The first-order valence-electron chi connectivity index (χ1n) is 6.75. The number of nitrogens with one attached hydrogen (secondary N) is 1. The van der Waals surface area contributed by atoms with E-state index in [-0.39, 0.29) is 11.1 Å². The van der Waals surface area contributed by atoms with E-state index in [0.29, 0.717) is 18.2 Å². The third-order valence-corrected chi connectivity index (χ3v) is 4.17. The molecule has 0 radical (unpaired) electrons. The zero-order chi connectivity index (χ0) is 14.8. The molecular weight excluding hydrogens is 289 g/mol. The van der Waals surface area contributed by atoms with Crippen molar-refractivity contribution in [2.24, 2.45) is 11.7 Å². The maximum atomic E-state index is 12.8. The molecule has 0 amide bonds. The van der Waals surface area contributed by atoms with Gasteiger partial charge in [-0.15, -0.1) is 0 Å². The van der Waals surface area contributed by atoms with E-state index in [1.165, 1.54) is 6.07 Å². The summed E-state index contributed by atoms with van der Waals surface area (Å²) in [5, 5.41) is 2.91. The second kappa shape index (κ2) is 6.22. The highest BCUT2D eigenvalue weighted by Crippen LogP contribution is 2.37. The molecule has 1 aliphatic carbocycles. The molecule has 2 rings (SSSR count). The molecular formula is C14H18ClF3N2. The minimum Gasteiger partial charge on any atom is -0.382 e. The minimum absolute atomic E-state index is 0.135. The Morgan fingerprint density at radius 2 is 1.95 bits per heavy atom. The smallest absolute Gasteiger partial charge is 0.382 e. The van der Waals surface area contributed by atoms with E-state index in [1.54, 1.807) is 6.07 Å².